The van der Waals surface area contributed by atoms with E-state index in [1.807, 2.05) is 25.8 Å². The summed E-state index contributed by atoms with van der Waals surface area (Å²) in [5, 5.41) is 3.53. The molecule has 0 radical (unpaired) electrons. The molecule has 2 rings (SSSR count). The quantitative estimate of drug-likeness (QED) is 0.853. The first-order valence-corrected chi connectivity index (χ1v) is 8.16. The number of ether oxygens (including phenoxy) is 2. The van der Waals surface area contributed by atoms with E-state index in [1.54, 1.807) is 18.3 Å². The van der Waals surface area contributed by atoms with Gasteiger partial charge in [-0.25, -0.2) is 4.98 Å². The molecule has 1 aliphatic heterocycles. The molecule has 0 saturated carbocycles. The monoisotopic (exact) mass is 341 g/mol. The zero-order valence-electron chi connectivity index (χ0n) is 13.8. The molecule has 2 atom stereocenters. The van der Waals surface area contributed by atoms with Crippen molar-refractivity contribution in [1.82, 2.24) is 15.2 Å². The summed E-state index contributed by atoms with van der Waals surface area (Å²) >= 11 is 6.04. The van der Waals surface area contributed by atoms with Gasteiger partial charge in [-0.15, -0.1) is 0 Å². The smallest absolute Gasteiger partial charge is 0.240 e. The second-order valence-corrected chi connectivity index (χ2v) is 6.46. The highest BCUT2D eigenvalue weighted by molar-refractivity contribution is 6.31. The van der Waals surface area contributed by atoms with E-state index in [4.69, 9.17) is 21.1 Å². The predicted octanol–water partition coefficient (Wildman–Crippen LogP) is 1.73. The van der Waals surface area contributed by atoms with Crippen molar-refractivity contribution in [1.29, 1.82) is 0 Å². The Kier molecular flexibility index (Phi) is 6.21. The Morgan fingerprint density at radius 3 is 3.09 bits per heavy atom. The lowest BCUT2D eigenvalue weighted by Gasteiger charge is -2.35. The van der Waals surface area contributed by atoms with E-state index >= 15 is 0 Å². The molecule has 0 aliphatic carbocycles. The van der Waals surface area contributed by atoms with Crippen LogP contribution in [0.15, 0.2) is 18.3 Å². The third-order valence-electron chi connectivity index (χ3n) is 4.16. The van der Waals surface area contributed by atoms with Crippen molar-refractivity contribution >= 4 is 17.5 Å². The molecule has 6 nitrogen and oxygen atoms in total. The fourth-order valence-electron chi connectivity index (χ4n) is 2.27. The highest BCUT2D eigenvalue weighted by atomic mass is 35.5. The van der Waals surface area contributed by atoms with Crippen LogP contribution < -0.4 is 10.1 Å². The fourth-order valence-corrected chi connectivity index (χ4v) is 2.45. The molecular weight excluding hydrogens is 318 g/mol. The number of morpholine rings is 1. The summed E-state index contributed by atoms with van der Waals surface area (Å²) < 4.78 is 11.1. The summed E-state index contributed by atoms with van der Waals surface area (Å²) in [6.45, 7) is 6.07. The van der Waals surface area contributed by atoms with Gasteiger partial charge in [-0.1, -0.05) is 18.5 Å². The average Bonchev–Trinajstić information content (AvgIpc) is 2.54. The highest BCUT2D eigenvalue weighted by Gasteiger charge is 2.32. The summed E-state index contributed by atoms with van der Waals surface area (Å²) in [5.41, 5.74) is -0.504. The van der Waals surface area contributed by atoms with E-state index < -0.39 is 5.54 Å². The van der Waals surface area contributed by atoms with Crippen molar-refractivity contribution in [2.75, 3.05) is 33.4 Å². The van der Waals surface area contributed by atoms with Gasteiger partial charge in [0.1, 0.15) is 17.7 Å². The van der Waals surface area contributed by atoms with E-state index in [0.717, 1.165) is 13.0 Å². The lowest BCUT2D eigenvalue weighted by Crippen LogP contribution is -2.58. The van der Waals surface area contributed by atoms with Crippen LogP contribution in [0.25, 0.3) is 0 Å². The number of likely N-dealkylation sites (N-methyl/N-ethyl adjacent to an activating group) is 1. The molecule has 0 unspecified atom stereocenters. The molecule has 1 aromatic heterocycles. The standard InChI is InChI=1S/C16H24ClN3O3/c1-4-16(2,11-23-15-12(17)6-5-7-18-15)19-14(21)13-10-22-9-8-20(13)3/h5-7,13H,4,8-11H2,1-3H3,(H,19,21)/t13-,16+/m0/s1. The van der Waals surface area contributed by atoms with Crippen LogP contribution in [0.4, 0.5) is 0 Å². The van der Waals surface area contributed by atoms with Crippen molar-refractivity contribution in [3.8, 4) is 5.88 Å². The van der Waals surface area contributed by atoms with Gasteiger partial charge < -0.3 is 14.8 Å². The molecule has 1 aliphatic rings. The number of pyridine rings is 1. The Bertz CT molecular complexity index is 543. The first kappa shape index (κ1) is 18.0. The van der Waals surface area contributed by atoms with Gasteiger partial charge >= 0.3 is 0 Å². The molecule has 1 N–H and O–H groups in total. The minimum absolute atomic E-state index is 0.0488. The summed E-state index contributed by atoms with van der Waals surface area (Å²) in [6, 6.07) is 3.20. The summed E-state index contributed by atoms with van der Waals surface area (Å²) in [6.07, 6.45) is 2.35. The van der Waals surface area contributed by atoms with E-state index in [2.05, 4.69) is 10.3 Å². The van der Waals surface area contributed by atoms with Crippen LogP contribution in [0.2, 0.25) is 5.02 Å². The van der Waals surface area contributed by atoms with Gasteiger partial charge in [-0.3, -0.25) is 9.69 Å². The van der Waals surface area contributed by atoms with Crippen molar-refractivity contribution < 1.29 is 14.3 Å². The van der Waals surface area contributed by atoms with Crippen LogP contribution in [0.1, 0.15) is 20.3 Å². The van der Waals surface area contributed by atoms with E-state index in [9.17, 15) is 4.79 Å². The number of hydrogen-bond acceptors (Lipinski definition) is 5. The van der Waals surface area contributed by atoms with Crippen molar-refractivity contribution in [2.45, 2.75) is 31.8 Å². The van der Waals surface area contributed by atoms with Gasteiger partial charge in [0.25, 0.3) is 0 Å². The van der Waals surface area contributed by atoms with Gasteiger partial charge in [0.15, 0.2) is 0 Å². The van der Waals surface area contributed by atoms with Gasteiger partial charge in [0.05, 0.1) is 18.8 Å². The Balaban J connectivity index is 1.96. The normalized spacial score (nSPS) is 21.5. The Morgan fingerprint density at radius 1 is 1.65 bits per heavy atom. The average molecular weight is 342 g/mol. The first-order chi connectivity index (χ1) is 10.9. The second-order valence-electron chi connectivity index (χ2n) is 6.05. The molecule has 2 heterocycles. The maximum Gasteiger partial charge on any atom is 0.240 e. The minimum Gasteiger partial charge on any atom is -0.474 e. The van der Waals surface area contributed by atoms with Gasteiger partial charge in [0, 0.05) is 12.7 Å². The molecule has 7 heteroatoms. The van der Waals surface area contributed by atoms with Gasteiger partial charge in [-0.05, 0) is 32.5 Å². The van der Waals surface area contributed by atoms with E-state index in [1.165, 1.54) is 0 Å². The SMILES string of the molecule is CC[C@](C)(COc1ncccc1Cl)NC(=O)[C@@H]1COCCN1C. The topological polar surface area (TPSA) is 63.7 Å². The molecule has 1 amide bonds. The Morgan fingerprint density at radius 2 is 2.43 bits per heavy atom. The molecule has 1 saturated heterocycles. The largest absolute Gasteiger partial charge is 0.474 e. The highest BCUT2D eigenvalue weighted by Crippen LogP contribution is 2.22. The number of nitrogens with one attached hydrogen (secondary N) is 1. The molecule has 0 bridgehead atoms. The number of hydrogen-bond donors (Lipinski definition) is 1. The van der Waals surface area contributed by atoms with E-state index in [-0.39, 0.29) is 11.9 Å². The van der Waals surface area contributed by atoms with Crippen LogP contribution in [-0.2, 0) is 9.53 Å². The van der Waals surface area contributed by atoms with Gasteiger partial charge in [-0.2, -0.15) is 0 Å². The number of rotatable bonds is 6. The third-order valence-corrected chi connectivity index (χ3v) is 4.44. The van der Waals surface area contributed by atoms with Gasteiger partial charge in [0.2, 0.25) is 11.8 Å². The predicted molar refractivity (Wildman–Crippen MR) is 88.8 cm³/mol. The summed E-state index contributed by atoms with van der Waals surface area (Å²) in [5.74, 6) is 0.327. The number of aromatic nitrogens is 1. The van der Waals surface area contributed by atoms with Crippen molar-refractivity contribution in [3.63, 3.8) is 0 Å². The number of nitrogens with zero attached hydrogens (tertiary/aromatic N) is 2. The number of carbonyl (C=O) groups is 1. The molecule has 0 aromatic carbocycles. The number of amides is 1. The van der Waals surface area contributed by atoms with Crippen LogP contribution >= 0.6 is 11.6 Å². The van der Waals surface area contributed by atoms with Crippen molar-refractivity contribution in [2.24, 2.45) is 0 Å². The molecule has 23 heavy (non-hydrogen) atoms. The lowest BCUT2D eigenvalue weighted by molar-refractivity contribution is -0.133. The van der Waals surface area contributed by atoms with Crippen LogP contribution in [0, 0.1) is 0 Å². The molecule has 0 spiro atoms. The van der Waals surface area contributed by atoms with Crippen LogP contribution in [0.3, 0.4) is 0 Å². The molecule has 1 aromatic rings. The third kappa shape index (κ3) is 4.80. The lowest BCUT2D eigenvalue weighted by atomic mass is 9.99. The zero-order chi connectivity index (χ0) is 16.9. The molecular formula is C16H24ClN3O3. The maximum atomic E-state index is 12.5. The summed E-state index contributed by atoms with van der Waals surface area (Å²) in [4.78, 5) is 18.6. The van der Waals surface area contributed by atoms with Crippen molar-refractivity contribution in [3.05, 3.63) is 23.4 Å². The molecule has 1 fully saturated rings. The zero-order valence-corrected chi connectivity index (χ0v) is 14.6. The Hall–Kier alpha value is -1.37. The van der Waals surface area contributed by atoms with E-state index in [0.29, 0.717) is 30.7 Å². The minimum atomic E-state index is -0.504. The van der Waals surface area contributed by atoms with Crippen LogP contribution in [-0.4, -0.2) is 60.8 Å². The number of halogens is 1. The number of carbonyl (C=O) groups excluding carboxylic acids is 1. The second kappa shape index (κ2) is 7.95. The maximum absolute atomic E-state index is 12.5. The fraction of sp³-hybridized carbons (Fsp3) is 0.625. The molecule has 128 valence electrons. The van der Waals surface area contributed by atoms with Crippen LogP contribution in [0.5, 0.6) is 5.88 Å². The summed E-state index contributed by atoms with van der Waals surface area (Å²) in [7, 11) is 1.93. The first-order valence-electron chi connectivity index (χ1n) is 7.78. The Labute approximate surface area is 142 Å².